The molecule has 25 heavy (non-hydrogen) atoms. The van der Waals surface area contributed by atoms with E-state index in [1.807, 2.05) is 0 Å². The van der Waals surface area contributed by atoms with Crippen LogP contribution in [-0.2, 0) is 0 Å². The van der Waals surface area contributed by atoms with Crippen molar-refractivity contribution in [3.05, 3.63) is 103 Å². The number of aromatic nitrogens is 2. The van der Waals surface area contributed by atoms with E-state index in [2.05, 4.69) is 9.97 Å². The molecular weight excluding hydrogens is 323 g/mol. The Morgan fingerprint density at radius 3 is 2.16 bits per heavy atom. The van der Waals surface area contributed by atoms with Crippen molar-refractivity contribution in [2.24, 2.45) is 0 Å². The van der Waals surface area contributed by atoms with E-state index in [0.29, 0.717) is 11.1 Å². The maximum atomic E-state index is 13.0. The molecule has 124 valence electrons. The molecule has 0 radical (unpaired) electrons. The molecule has 0 atom stereocenters. The summed E-state index contributed by atoms with van der Waals surface area (Å²) in [5.41, 5.74) is -0.322. The van der Waals surface area contributed by atoms with Gasteiger partial charge in [0.05, 0.1) is 0 Å². The Labute approximate surface area is 140 Å². The lowest BCUT2D eigenvalue weighted by atomic mass is 10.1. The summed E-state index contributed by atoms with van der Waals surface area (Å²) in [6.07, 6.45) is 2.59. The lowest BCUT2D eigenvalue weighted by Crippen LogP contribution is -2.47. The molecule has 0 amide bonds. The van der Waals surface area contributed by atoms with Gasteiger partial charge >= 0.3 is 0 Å². The molecule has 0 saturated heterocycles. The van der Waals surface area contributed by atoms with Crippen LogP contribution in [0.3, 0.4) is 0 Å². The van der Waals surface area contributed by atoms with Gasteiger partial charge in [-0.2, -0.15) is 0 Å². The first-order valence-electron chi connectivity index (χ1n) is 7.44. The van der Waals surface area contributed by atoms with Gasteiger partial charge in [-0.1, -0.05) is 42.5 Å². The van der Waals surface area contributed by atoms with Crippen LogP contribution in [0.5, 0.6) is 0 Å². The zero-order valence-electron chi connectivity index (χ0n) is 13.0. The molecule has 2 aromatic carbocycles. The molecule has 1 heterocycles. The highest BCUT2D eigenvalue weighted by Gasteiger charge is 2.03. The van der Waals surface area contributed by atoms with E-state index in [1.165, 1.54) is 30.3 Å². The summed E-state index contributed by atoms with van der Waals surface area (Å²) in [7, 11) is 0. The first kappa shape index (κ1) is 16.3. The van der Waals surface area contributed by atoms with E-state index in [-0.39, 0.29) is 16.5 Å². The van der Waals surface area contributed by atoms with Crippen LogP contribution in [0.25, 0.3) is 12.2 Å². The number of ketones is 1. The van der Waals surface area contributed by atoms with Crippen molar-refractivity contribution in [3.63, 3.8) is 0 Å². The first-order chi connectivity index (χ1) is 12.0. The molecule has 5 nitrogen and oxygen atoms in total. The summed E-state index contributed by atoms with van der Waals surface area (Å²) in [6.45, 7) is 0. The monoisotopic (exact) mass is 336 g/mol. The third kappa shape index (κ3) is 3.87. The molecule has 0 fully saturated rings. The summed E-state index contributed by atoms with van der Waals surface area (Å²) in [5, 5.41) is 0.0418. The zero-order valence-corrected chi connectivity index (χ0v) is 13.0. The summed E-state index contributed by atoms with van der Waals surface area (Å²) in [5.74, 6) is -0.763. The number of hydrogen-bond acceptors (Lipinski definition) is 3. The SMILES string of the molecule is O=C(C=c1[nH]c(=Cc2ccc(F)cc2)c(=O)[nH]c1=O)c1ccccc1. The average molecular weight is 336 g/mol. The van der Waals surface area contributed by atoms with E-state index in [9.17, 15) is 18.8 Å². The molecule has 0 unspecified atom stereocenters. The molecule has 6 heteroatoms. The van der Waals surface area contributed by atoms with Gasteiger partial charge in [-0.3, -0.25) is 19.4 Å². The van der Waals surface area contributed by atoms with Crippen LogP contribution < -0.4 is 21.8 Å². The highest BCUT2D eigenvalue weighted by Crippen LogP contribution is 2.02. The fourth-order valence-corrected chi connectivity index (χ4v) is 2.24. The molecule has 0 aliphatic carbocycles. The molecule has 0 spiro atoms. The topological polar surface area (TPSA) is 82.8 Å². The maximum absolute atomic E-state index is 13.0. The van der Waals surface area contributed by atoms with Crippen molar-refractivity contribution in [1.29, 1.82) is 0 Å². The summed E-state index contributed by atoms with van der Waals surface area (Å²) < 4.78 is 13.0. The number of Topliss-reactive ketones (excluding diaryl/α,β-unsaturated/α-hetero) is 1. The number of halogens is 1. The minimum Gasteiger partial charge on any atom is -0.346 e. The summed E-state index contributed by atoms with van der Waals surface area (Å²) in [4.78, 5) is 40.9. The molecule has 0 bridgehead atoms. The molecule has 1 aromatic heterocycles. The summed E-state index contributed by atoms with van der Waals surface area (Å²) in [6, 6.07) is 14.0. The Bertz CT molecular complexity index is 1140. The van der Waals surface area contributed by atoms with Gasteiger partial charge in [0.15, 0.2) is 5.78 Å². The van der Waals surface area contributed by atoms with Crippen molar-refractivity contribution in [2.45, 2.75) is 0 Å². The van der Waals surface area contributed by atoms with Crippen molar-refractivity contribution in [2.75, 3.05) is 0 Å². The number of carbonyl (C=O) groups is 1. The Kier molecular flexibility index (Phi) is 4.52. The van der Waals surface area contributed by atoms with Gasteiger partial charge in [0, 0.05) is 11.6 Å². The van der Waals surface area contributed by atoms with E-state index < -0.39 is 16.9 Å². The molecular formula is C19H13FN2O3. The van der Waals surface area contributed by atoms with E-state index in [4.69, 9.17) is 0 Å². The second-order valence-electron chi connectivity index (χ2n) is 5.31. The van der Waals surface area contributed by atoms with Crippen LogP contribution in [0.1, 0.15) is 15.9 Å². The van der Waals surface area contributed by atoms with Crippen LogP contribution >= 0.6 is 0 Å². The number of carbonyl (C=O) groups excluding carboxylic acids is 1. The Morgan fingerprint density at radius 1 is 0.840 bits per heavy atom. The normalized spacial score (nSPS) is 12.4. The number of nitrogens with one attached hydrogen (secondary N) is 2. The fourth-order valence-electron chi connectivity index (χ4n) is 2.24. The van der Waals surface area contributed by atoms with Crippen LogP contribution in [0.2, 0.25) is 0 Å². The molecule has 0 saturated carbocycles. The van der Waals surface area contributed by atoms with E-state index >= 15 is 0 Å². The molecule has 0 aliphatic rings. The third-order valence-electron chi connectivity index (χ3n) is 3.50. The van der Waals surface area contributed by atoms with Gasteiger partial charge in [0.1, 0.15) is 16.5 Å². The van der Waals surface area contributed by atoms with Crippen molar-refractivity contribution in [3.8, 4) is 0 Å². The highest BCUT2D eigenvalue weighted by atomic mass is 19.1. The Morgan fingerprint density at radius 2 is 1.48 bits per heavy atom. The quantitative estimate of drug-likeness (QED) is 0.691. The van der Waals surface area contributed by atoms with E-state index in [0.717, 1.165) is 6.08 Å². The van der Waals surface area contributed by atoms with Crippen LogP contribution in [0.4, 0.5) is 4.39 Å². The molecule has 2 N–H and O–H groups in total. The minimum absolute atomic E-state index is 0.0400. The zero-order chi connectivity index (χ0) is 17.8. The minimum atomic E-state index is -0.689. The first-order valence-corrected chi connectivity index (χ1v) is 7.44. The van der Waals surface area contributed by atoms with Gasteiger partial charge in [0.2, 0.25) is 0 Å². The predicted octanol–water partition coefficient (Wildman–Crippen LogP) is 0.694. The highest BCUT2D eigenvalue weighted by molar-refractivity contribution is 6.16. The average Bonchev–Trinajstić information content (AvgIpc) is 2.61. The number of H-pyrrole nitrogens is 2. The smallest absolute Gasteiger partial charge is 0.274 e. The Hall–Kier alpha value is -3.54. The van der Waals surface area contributed by atoms with Crippen LogP contribution in [-0.4, -0.2) is 15.8 Å². The number of benzene rings is 2. The number of hydrogen-bond donors (Lipinski definition) is 2. The van der Waals surface area contributed by atoms with Crippen LogP contribution in [0.15, 0.2) is 64.2 Å². The van der Waals surface area contributed by atoms with Gasteiger partial charge in [-0.25, -0.2) is 4.39 Å². The summed E-state index contributed by atoms with van der Waals surface area (Å²) >= 11 is 0. The van der Waals surface area contributed by atoms with Gasteiger partial charge in [0.25, 0.3) is 11.1 Å². The predicted molar refractivity (Wildman–Crippen MR) is 92.1 cm³/mol. The fraction of sp³-hybridized carbons (Fsp3) is 0. The van der Waals surface area contributed by atoms with Crippen molar-refractivity contribution >= 4 is 17.9 Å². The number of aromatic amines is 2. The van der Waals surface area contributed by atoms with Crippen molar-refractivity contribution < 1.29 is 9.18 Å². The number of rotatable bonds is 3. The molecule has 0 aliphatic heterocycles. The largest absolute Gasteiger partial charge is 0.346 e. The third-order valence-corrected chi connectivity index (χ3v) is 3.50. The van der Waals surface area contributed by atoms with Gasteiger partial charge < -0.3 is 4.98 Å². The lowest BCUT2D eigenvalue weighted by molar-refractivity contribution is 0.106. The van der Waals surface area contributed by atoms with Gasteiger partial charge in [-0.05, 0) is 23.8 Å². The molecule has 3 rings (SSSR count). The Balaban J connectivity index is 2.12. The standard InChI is InChI=1S/C19H13FN2O3/c20-14-8-6-12(7-9-14)10-15-18(24)22-19(25)16(21-15)11-17(23)13-4-2-1-3-5-13/h1-11,21H,(H,22,24,25). The molecule has 3 aromatic rings. The van der Waals surface area contributed by atoms with E-state index in [1.54, 1.807) is 30.3 Å². The van der Waals surface area contributed by atoms with Gasteiger partial charge in [-0.15, -0.1) is 0 Å². The van der Waals surface area contributed by atoms with Crippen LogP contribution in [0, 0.1) is 5.82 Å². The van der Waals surface area contributed by atoms with Crippen molar-refractivity contribution in [1.82, 2.24) is 9.97 Å². The second-order valence-corrected chi connectivity index (χ2v) is 5.31. The maximum Gasteiger partial charge on any atom is 0.274 e. The lowest BCUT2D eigenvalue weighted by Gasteiger charge is -1.95. The second kappa shape index (κ2) is 6.92.